The van der Waals surface area contributed by atoms with Crippen molar-refractivity contribution in [3.8, 4) is 11.5 Å². The van der Waals surface area contributed by atoms with Crippen LogP contribution in [-0.4, -0.2) is 37.1 Å². The van der Waals surface area contributed by atoms with E-state index in [1.54, 1.807) is 38.4 Å². The summed E-state index contributed by atoms with van der Waals surface area (Å²) in [5.41, 5.74) is 2.33. The zero-order valence-corrected chi connectivity index (χ0v) is 13.3. The largest absolute Gasteiger partial charge is 0.493 e. The van der Waals surface area contributed by atoms with Gasteiger partial charge in [0.15, 0.2) is 11.5 Å². The topological polar surface area (TPSA) is 51.7 Å². The summed E-state index contributed by atoms with van der Waals surface area (Å²) in [7, 11) is 4.93. The summed E-state index contributed by atoms with van der Waals surface area (Å²) in [5.74, 6) is 1.21. The first-order chi connectivity index (χ1) is 10.6. The van der Waals surface area contributed by atoms with Crippen molar-refractivity contribution in [2.75, 3.05) is 21.3 Å². The molecule has 0 aliphatic heterocycles. The highest BCUT2D eigenvalue weighted by Crippen LogP contribution is 2.31. The fourth-order valence-corrected chi connectivity index (χ4v) is 2.22. The van der Waals surface area contributed by atoms with Crippen LogP contribution in [0.4, 0.5) is 0 Å². The van der Waals surface area contributed by atoms with Gasteiger partial charge in [0, 0.05) is 31.0 Å². The Labute approximate surface area is 130 Å². The summed E-state index contributed by atoms with van der Waals surface area (Å²) in [5, 5.41) is 0. The number of pyridine rings is 1. The van der Waals surface area contributed by atoms with Gasteiger partial charge < -0.3 is 14.4 Å². The maximum absolute atomic E-state index is 12.4. The minimum absolute atomic E-state index is 0.0858. The van der Waals surface area contributed by atoms with E-state index in [0.717, 1.165) is 11.3 Å². The van der Waals surface area contributed by atoms with Crippen molar-refractivity contribution >= 4 is 5.91 Å². The zero-order valence-electron chi connectivity index (χ0n) is 13.3. The first kappa shape index (κ1) is 15.8. The quantitative estimate of drug-likeness (QED) is 0.852. The van der Waals surface area contributed by atoms with Gasteiger partial charge in [-0.15, -0.1) is 0 Å². The van der Waals surface area contributed by atoms with Gasteiger partial charge in [-0.3, -0.25) is 9.78 Å². The molecular weight excluding hydrogens is 280 g/mol. The number of hydrogen-bond donors (Lipinski definition) is 0. The van der Waals surface area contributed by atoms with Gasteiger partial charge in [-0.2, -0.15) is 0 Å². The molecule has 5 heteroatoms. The summed E-state index contributed by atoms with van der Waals surface area (Å²) in [6.45, 7) is 2.31. The Hall–Kier alpha value is -2.56. The van der Waals surface area contributed by atoms with E-state index in [1.807, 2.05) is 31.2 Å². The molecule has 0 radical (unpaired) electrons. The average Bonchev–Trinajstić information content (AvgIpc) is 2.54. The number of carbonyl (C=O) groups excluding carboxylic acids is 1. The van der Waals surface area contributed by atoms with E-state index in [2.05, 4.69) is 4.98 Å². The van der Waals surface area contributed by atoms with Gasteiger partial charge in [-0.05, 0) is 25.1 Å². The predicted octanol–water partition coefficient (Wildman–Crippen LogP) is 2.68. The fraction of sp³-hybridized carbons (Fsp3) is 0.294. The van der Waals surface area contributed by atoms with E-state index < -0.39 is 0 Å². The molecular formula is C17H20N2O3. The molecule has 0 saturated heterocycles. The third-order valence-corrected chi connectivity index (χ3v) is 3.40. The van der Waals surface area contributed by atoms with E-state index in [4.69, 9.17) is 9.47 Å². The maximum atomic E-state index is 12.4. The van der Waals surface area contributed by atoms with Gasteiger partial charge in [0.05, 0.1) is 19.8 Å². The van der Waals surface area contributed by atoms with Crippen LogP contribution in [0.5, 0.6) is 11.5 Å². The van der Waals surface area contributed by atoms with Gasteiger partial charge in [0.1, 0.15) is 0 Å². The maximum Gasteiger partial charge on any atom is 0.255 e. The van der Waals surface area contributed by atoms with E-state index in [9.17, 15) is 4.79 Å². The molecule has 116 valence electrons. The van der Waals surface area contributed by atoms with Gasteiger partial charge in [0.25, 0.3) is 5.91 Å². The average molecular weight is 300 g/mol. The Kier molecular flexibility index (Phi) is 4.99. The van der Waals surface area contributed by atoms with Crippen LogP contribution in [0, 0.1) is 6.92 Å². The first-order valence-electron chi connectivity index (χ1n) is 6.94. The Morgan fingerprint density at radius 3 is 2.55 bits per heavy atom. The second-order valence-electron chi connectivity index (χ2n) is 5.00. The summed E-state index contributed by atoms with van der Waals surface area (Å²) < 4.78 is 10.7. The number of amides is 1. The molecule has 2 rings (SSSR count). The lowest BCUT2D eigenvalue weighted by atomic mass is 10.1. The molecule has 5 nitrogen and oxygen atoms in total. The molecule has 22 heavy (non-hydrogen) atoms. The lowest BCUT2D eigenvalue weighted by Crippen LogP contribution is -2.26. The molecule has 0 aliphatic rings. The molecule has 0 spiro atoms. The Morgan fingerprint density at radius 1 is 1.18 bits per heavy atom. The second-order valence-corrected chi connectivity index (χ2v) is 5.00. The van der Waals surface area contributed by atoms with Crippen molar-refractivity contribution in [1.82, 2.24) is 9.88 Å². The van der Waals surface area contributed by atoms with Crippen molar-refractivity contribution in [1.29, 1.82) is 0 Å². The van der Waals surface area contributed by atoms with Crippen molar-refractivity contribution in [3.63, 3.8) is 0 Å². The normalized spacial score (nSPS) is 10.2. The SMILES string of the molecule is COc1cccc(CN(C)C(=O)c2ccc(C)nc2)c1OC. The van der Waals surface area contributed by atoms with Crippen LogP contribution in [0.3, 0.4) is 0 Å². The molecule has 1 aromatic heterocycles. The highest BCUT2D eigenvalue weighted by atomic mass is 16.5. The highest BCUT2D eigenvalue weighted by molar-refractivity contribution is 5.93. The molecule has 0 atom stereocenters. The monoisotopic (exact) mass is 300 g/mol. The van der Waals surface area contributed by atoms with Crippen LogP contribution in [-0.2, 0) is 6.54 Å². The summed E-state index contributed by atoms with van der Waals surface area (Å²) in [6.07, 6.45) is 1.59. The zero-order chi connectivity index (χ0) is 16.1. The van der Waals surface area contributed by atoms with Crippen LogP contribution >= 0.6 is 0 Å². The number of benzene rings is 1. The molecule has 0 unspecified atom stereocenters. The lowest BCUT2D eigenvalue weighted by molar-refractivity contribution is 0.0783. The Balaban J connectivity index is 2.20. The molecule has 0 bridgehead atoms. The molecule has 1 heterocycles. The molecule has 2 aromatic rings. The van der Waals surface area contributed by atoms with Crippen LogP contribution < -0.4 is 9.47 Å². The Bertz CT molecular complexity index is 653. The third kappa shape index (κ3) is 3.36. The number of ether oxygens (including phenoxy) is 2. The van der Waals surface area contributed by atoms with Crippen molar-refractivity contribution < 1.29 is 14.3 Å². The second kappa shape index (κ2) is 6.93. The fourth-order valence-electron chi connectivity index (χ4n) is 2.22. The van der Waals surface area contributed by atoms with Gasteiger partial charge in [-0.25, -0.2) is 0 Å². The predicted molar refractivity (Wildman–Crippen MR) is 84.3 cm³/mol. The molecule has 0 aliphatic carbocycles. The number of methoxy groups -OCH3 is 2. The van der Waals surface area contributed by atoms with E-state index in [-0.39, 0.29) is 5.91 Å². The van der Waals surface area contributed by atoms with Crippen molar-refractivity contribution in [2.24, 2.45) is 0 Å². The highest BCUT2D eigenvalue weighted by Gasteiger charge is 2.16. The number of aromatic nitrogens is 1. The minimum atomic E-state index is -0.0858. The Morgan fingerprint density at radius 2 is 1.95 bits per heavy atom. The van der Waals surface area contributed by atoms with Gasteiger partial charge in [-0.1, -0.05) is 12.1 Å². The molecule has 0 N–H and O–H groups in total. The van der Waals surface area contributed by atoms with Crippen LogP contribution in [0.2, 0.25) is 0 Å². The third-order valence-electron chi connectivity index (χ3n) is 3.40. The summed E-state index contributed by atoms with van der Waals surface area (Å²) >= 11 is 0. The minimum Gasteiger partial charge on any atom is -0.493 e. The number of carbonyl (C=O) groups is 1. The first-order valence-corrected chi connectivity index (χ1v) is 6.94. The number of aryl methyl sites for hydroxylation is 1. The number of para-hydroxylation sites is 1. The van der Waals surface area contributed by atoms with Gasteiger partial charge in [0.2, 0.25) is 0 Å². The van der Waals surface area contributed by atoms with E-state index >= 15 is 0 Å². The molecule has 0 saturated carbocycles. The number of rotatable bonds is 5. The number of nitrogens with zero attached hydrogens (tertiary/aromatic N) is 2. The number of hydrogen-bond acceptors (Lipinski definition) is 4. The molecule has 0 fully saturated rings. The van der Waals surface area contributed by atoms with Crippen LogP contribution in [0.25, 0.3) is 0 Å². The van der Waals surface area contributed by atoms with E-state index in [0.29, 0.717) is 23.6 Å². The van der Waals surface area contributed by atoms with Crippen LogP contribution in [0.1, 0.15) is 21.6 Å². The smallest absolute Gasteiger partial charge is 0.255 e. The summed E-state index contributed by atoms with van der Waals surface area (Å²) in [6, 6.07) is 9.23. The van der Waals surface area contributed by atoms with Crippen molar-refractivity contribution in [3.05, 3.63) is 53.3 Å². The van der Waals surface area contributed by atoms with E-state index in [1.165, 1.54) is 0 Å². The van der Waals surface area contributed by atoms with Crippen molar-refractivity contribution in [2.45, 2.75) is 13.5 Å². The van der Waals surface area contributed by atoms with Gasteiger partial charge >= 0.3 is 0 Å². The molecule has 1 aromatic carbocycles. The standard InChI is InChI=1S/C17H20N2O3/c1-12-8-9-13(10-18-12)17(20)19(2)11-14-6-5-7-15(21-3)16(14)22-4/h5-10H,11H2,1-4H3. The summed E-state index contributed by atoms with van der Waals surface area (Å²) in [4.78, 5) is 18.2. The van der Waals surface area contributed by atoms with Crippen LogP contribution in [0.15, 0.2) is 36.5 Å². The molecule has 1 amide bonds. The lowest BCUT2D eigenvalue weighted by Gasteiger charge is -2.20.